The summed E-state index contributed by atoms with van der Waals surface area (Å²) < 4.78 is 5.41. The van der Waals surface area contributed by atoms with Gasteiger partial charge < -0.3 is 20.3 Å². The van der Waals surface area contributed by atoms with Gasteiger partial charge in [-0.25, -0.2) is 0 Å². The van der Waals surface area contributed by atoms with Crippen LogP contribution in [0.4, 0.5) is 11.4 Å². The van der Waals surface area contributed by atoms with Gasteiger partial charge in [0.25, 0.3) is 11.8 Å². The van der Waals surface area contributed by atoms with E-state index in [0.29, 0.717) is 18.8 Å². The molecule has 4 rings (SSSR count). The molecule has 0 unspecified atom stereocenters. The van der Waals surface area contributed by atoms with Crippen LogP contribution in [-0.2, 0) is 4.74 Å². The first-order valence-corrected chi connectivity index (χ1v) is 9.21. The summed E-state index contributed by atoms with van der Waals surface area (Å²) >= 11 is 0. The largest absolute Gasteiger partial charge is 0.378 e. The van der Waals surface area contributed by atoms with Crippen molar-refractivity contribution in [3.8, 4) is 0 Å². The molecule has 2 N–H and O–H groups in total. The molecule has 0 radical (unpaired) electrons. The number of benzene rings is 1. The first kappa shape index (κ1) is 17.5. The Morgan fingerprint density at radius 2 is 1.85 bits per heavy atom. The van der Waals surface area contributed by atoms with Crippen molar-refractivity contribution in [2.75, 3.05) is 36.5 Å². The Labute approximate surface area is 157 Å². The molecular weight excluding hydrogens is 344 g/mol. The third-order valence-electron chi connectivity index (χ3n) is 4.67. The van der Waals surface area contributed by atoms with Crippen molar-refractivity contribution >= 4 is 23.2 Å². The smallest absolute Gasteiger partial charge is 0.270 e. The van der Waals surface area contributed by atoms with E-state index in [1.807, 2.05) is 24.3 Å². The van der Waals surface area contributed by atoms with Crippen molar-refractivity contribution < 1.29 is 14.3 Å². The Balaban J connectivity index is 1.50. The summed E-state index contributed by atoms with van der Waals surface area (Å²) in [5.74, 6) is -0.501. The first-order valence-electron chi connectivity index (χ1n) is 9.21. The van der Waals surface area contributed by atoms with Crippen LogP contribution in [0, 0.1) is 0 Å². The van der Waals surface area contributed by atoms with Gasteiger partial charge >= 0.3 is 0 Å². The van der Waals surface area contributed by atoms with Crippen LogP contribution in [0.5, 0.6) is 0 Å². The minimum Gasteiger partial charge on any atom is -0.378 e. The number of carbonyl (C=O) groups excluding carboxylic acids is 2. The van der Waals surface area contributed by atoms with Crippen LogP contribution in [0.1, 0.15) is 33.7 Å². The predicted octanol–water partition coefficient (Wildman–Crippen LogP) is 2.06. The number of para-hydroxylation sites is 2. The lowest BCUT2D eigenvalue weighted by Gasteiger charge is -2.30. The fourth-order valence-corrected chi connectivity index (χ4v) is 3.04. The number of aromatic nitrogens is 1. The van der Waals surface area contributed by atoms with E-state index < -0.39 is 0 Å². The summed E-state index contributed by atoms with van der Waals surface area (Å²) in [6, 6.07) is 11.1. The van der Waals surface area contributed by atoms with Gasteiger partial charge in [0.15, 0.2) is 0 Å². The van der Waals surface area contributed by atoms with Crippen molar-refractivity contribution in [2.45, 2.75) is 18.9 Å². The molecule has 27 heavy (non-hydrogen) atoms. The molecule has 7 heteroatoms. The van der Waals surface area contributed by atoms with Crippen molar-refractivity contribution in [2.24, 2.45) is 0 Å². The van der Waals surface area contributed by atoms with E-state index >= 15 is 0 Å². The molecule has 7 nitrogen and oxygen atoms in total. The number of hydrogen-bond donors (Lipinski definition) is 2. The average Bonchev–Trinajstić information content (AvgIpc) is 3.53. The number of morpholine rings is 1. The fourth-order valence-electron chi connectivity index (χ4n) is 3.04. The summed E-state index contributed by atoms with van der Waals surface area (Å²) in [6.07, 6.45) is 3.50. The number of nitrogens with one attached hydrogen (secondary N) is 2. The Morgan fingerprint density at radius 1 is 1.07 bits per heavy atom. The van der Waals surface area contributed by atoms with Gasteiger partial charge in [-0.1, -0.05) is 12.1 Å². The SMILES string of the molecule is O=C(Nc1ccccc1N1CCOCC1)c1ccnc(C(=O)NC2CC2)c1. The maximum absolute atomic E-state index is 12.7. The summed E-state index contributed by atoms with van der Waals surface area (Å²) in [7, 11) is 0. The fraction of sp³-hybridized carbons (Fsp3) is 0.350. The van der Waals surface area contributed by atoms with E-state index in [0.717, 1.165) is 37.3 Å². The van der Waals surface area contributed by atoms with E-state index in [1.165, 1.54) is 12.3 Å². The topological polar surface area (TPSA) is 83.6 Å². The normalized spacial score (nSPS) is 16.7. The number of hydrogen-bond acceptors (Lipinski definition) is 5. The van der Waals surface area contributed by atoms with E-state index in [2.05, 4.69) is 20.5 Å². The predicted molar refractivity (Wildman–Crippen MR) is 102 cm³/mol. The van der Waals surface area contributed by atoms with Crippen molar-refractivity contribution in [1.29, 1.82) is 0 Å². The van der Waals surface area contributed by atoms with Crippen LogP contribution in [0.3, 0.4) is 0 Å². The van der Waals surface area contributed by atoms with Gasteiger partial charge in [-0.15, -0.1) is 0 Å². The average molecular weight is 366 g/mol. The lowest BCUT2D eigenvalue weighted by molar-refractivity contribution is 0.0946. The van der Waals surface area contributed by atoms with Crippen LogP contribution in [0.25, 0.3) is 0 Å². The number of rotatable bonds is 5. The molecular formula is C20H22N4O3. The van der Waals surface area contributed by atoms with Gasteiger partial charge in [0.2, 0.25) is 0 Å². The molecule has 2 aromatic rings. The lowest BCUT2D eigenvalue weighted by atomic mass is 10.2. The van der Waals surface area contributed by atoms with Crippen molar-refractivity contribution in [3.05, 3.63) is 53.9 Å². The van der Waals surface area contributed by atoms with E-state index in [4.69, 9.17) is 4.74 Å². The maximum atomic E-state index is 12.7. The van der Waals surface area contributed by atoms with Gasteiger partial charge in [-0.05, 0) is 37.1 Å². The number of amides is 2. The van der Waals surface area contributed by atoms with Crippen molar-refractivity contribution in [3.63, 3.8) is 0 Å². The van der Waals surface area contributed by atoms with Crippen LogP contribution >= 0.6 is 0 Å². The summed E-state index contributed by atoms with van der Waals surface area (Å²) in [5, 5.41) is 5.85. The molecule has 1 saturated carbocycles. The summed E-state index contributed by atoms with van der Waals surface area (Å²) in [6.45, 7) is 2.92. The van der Waals surface area contributed by atoms with Crippen LogP contribution in [0.15, 0.2) is 42.6 Å². The highest BCUT2D eigenvalue weighted by atomic mass is 16.5. The molecule has 2 fully saturated rings. The highest BCUT2D eigenvalue weighted by molar-refractivity contribution is 6.07. The van der Waals surface area contributed by atoms with Crippen LogP contribution in [0.2, 0.25) is 0 Å². The molecule has 2 heterocycles. The molecule has 1 saturated heterocycles. The zero-order valence-electron chi connectivity index (χ0n) is 15.0. The summed E-state index contributed by atoms with van der Waals surface area (Å²) in [4.78, 5) is 31.2. The second-order valence-corrected chi connectivity index (χ2v) is 6.75. The number of pyridine rings is 1. The van der Waals surface area contributed by atoms with E-state index in [1.54, 1.807) is 6.07 Å². The second kappa shape index (κ2) is 7.75. The minimum absolute atomic E-state index is 0.235. The van der Waals surface area contributed by atoms with Gasteiger partial charge in [0.05, 0.1) is 24.6 Å². The first-order chi connectivity index (χ1) is 13.2. The highest BCUT2D eigenvalue weighted by Crippen LogP contribution is 2.27. The molecule has 1 aliphatic carbocycles. The van der Waals surface area contributed by atoms with Crippen molar-refractivity contribution in [1.82, 2.24) is 10.3 Å². The number of nitrogens with zero attached hydrogens (tertiary/aromatic N) is 2. The monoisotopic (exact) mass is 366 g/mol. The van der Waals surface area contributed by atoms with Gasteiger partial charge in [0, 0.05) is 30.9 Å². The maximum Gasteiger partial charge on any atom is 0.270 e. The molecule has 0 spiro atoms. The molecule has 140 valence electrons. The number of carbonyl (C=O) groups is 2. The Kier molecular flexibility index (Phi) is 5.02. The third-order valence-corrected chi connectivity index (χ3v) is 4.67. The number of anilines is 2. The molecule has 2 aliphatic rings. The molecule has 0 bridgehead atoms. The Hall–Kier alpha value is -2.93. The van der Waals surface area contributed by atoms with Gasteiger partial charge in [-0.3, -0.25) is 14.6 Å². The quantitative estimate of drug-likeness (QED) is 0.846. The van der Waals surface area contributed by atoms with Crippen LogP contribution in [-0.4, -0.2) is 49.1 Å². The molecule has 0 atom stereocenters. The zero-order valence-corrected chi connectivity index (χ0v) is 15.0. The van der Waals surface area contributed by atoms with E-state index in [-0.39, 0.29) is 23.6 Å². The third kappa shape index (κ3) is 4.25. The molecule has 2 amide bonds. The standard InChI is InChI=1S/C20H22N4O3/c25-19(14-7-8-21-17(13-14)20(26)22-15-5-6-15)23-16-3-1-2-4-18(16)24-9-11-27-12-10-24/h1-4,7-8,13,15H,5-6,9-12H2,(H,22,26)(H,23,25). The lowest BCUT2D eigenvalue weighted by Crippen LogP contribution is -2.36. The molecule has 1 aromatic heterocycles. The zero-order chi connectivity index (χ0) is 18.6. The highest BCUT2D eigenvalue weighted by Gasteiger charge is 2.24. The van der Waals surface area contributed by atoms with Gasteiger partial charge in [0.1, 0.15) is 5.69 Å². The summed E-state index contributed by atoms with van der Waals surface area (Å²) in [5.41, 5.74) is 2.37. The van der Waals surface area contributed by atoms with Gasteiger partial charge in [-0.2, -0.15) is 0 Å². The van der Waals surface area contributed by atoms with Crippen LogP contribution < -0.4 is 15.5 Å². The Bertz CT molecular complexity index is 845. The van der Waals surface area contributed by atoms with E-state index in [9.17, 15) is 9.59 Å². The molecule has 1 aliphatic heterocycles. The minimum atomic E-state index is -0.265. The second-order valence-electron chi connectivity index (χ2n) is 6.75. The Morgan fingerprint density at radius 3 is 2.63 bits per heavy atom. The number of ether oxygens (including phenoxy) is 1. The molecule has 1 aromatic carbocycles.